The number of halogens is 4. The van der Waals surface area contributed by atoms with E-state index in [1.807, 2.05) is 24.0 Å². The summed E-state index contributed by atoms with van der Waals surface area (Å²) < 4.78 is 66.4. The van der Waals surface area contributed by atoms with Gasteiger partial charge in [-0.25, -0.2) is 18.2 Å². The molecule has 11 nitrogen and oxygen atoms in total. The van der Waals surface area contributed by atoms with Crippen molar-refractivity contribution in [3.63, 3.8) is 0 Å². The first-order valence-electron chi connectivity index (χ1n) is 17.0. The topological polar surface area (TPSA) is 149 Å². The van der Waals surface area contributed by atoms with Crippen molar-refractivity contribution in [2.45, 2.75) is 56.1 Å². The van der Waals surface area contributed by atoms with Crippen molar-refractivity contribution in [3.05, 3.63) is 58.2 Å². The van der Waals surface area contributed by atoms with Crippen LogP contribution in [-0.2, 0) is 4.74 Å². The predicted molar refractivity (Wildman–Crippen MR) is 192 cm³/mol. The number of nitriles is 1. The molecule has 16 heteroatoms. The molecule has 52 heavy (non-hydrogen) atoms. The second-order valence-corrected chi connectivity index (χ2v) is 15.3. The normalized spacial score (nSPS) is 24.5. The standard InChI is InChI=1S/C36H32ClF3N8O3S/c1-16(18-4-2-8-44-32(18)42)48-22-13-49-14-23(22)51-30-26-29(45-35(46-34(26)48)50-15-36-7-3-9-47(36)12-17(38)10-36)28(40)25(27(30)37)19-5-6-21(39)31-24(19)20(11-41)33(43)52-31/h2,4-6,8,16-17,22-23H,3,7,9-10,12-15,43H2,1H3,(H2,42,44)/t16?,17-,22?,23?,36+/m1/s1. The highest BCUT2D eigenvalue weighted by atomic mass is 35.5. The van der Waals surface area contributed by atoms with Gasteiger partial charge in [-0.2, -0.15) is 15.2 Å². The van der Waals surface area contributed by atoms with E-state index in [0.29, 0.717) is 24.3 Å². The molecule has 0 bridgehead atoms. The summed E-state index contributed by atoms with van der Waals surface area (Å²) in [7, 11) is 0. The summed E-state index contributed by atoms with van der Waals surface area (Å²) in [4.78, 5) is 17.9. The Labute approximate surface area is 304 Å². The van der Waals surface area contributed by atoms with Gasteiger partial charge in [-0.15, -0.1) is 11.3 Å². The second-order valence-electron chi connectivity index (χ2n) is 13.8. The quantitative estimate of drug-likeness (QED) is 0.195. The van der Waals surface area contributed by atoms with Crippen LogP contribution in [0, 0.1) is 23.0 Å². The van der Waals surface area contributed by atoms with Crippen LogP contribution in [-0.4, -0.2) is 76.6 Å². The molecule has 4 aliphatic rings. The fourth-order valence-electron chi connectivity index (χ4n) is 8.60. The van der Waals surface area contributed by atoms with Crippen LogP contribution in [0.25, 0.3) is 32.1 Å². The first kappa shape index (κ1) is 33.2. The van der Waals surface area contributed by atoms with Crippen molar-refractivity contribution in [2.75, 3.05) is 49.3 Å². The molecule has 4 N–H and O–H groups in total. The van der Waals surface area contributed by atoms with Gasteiger partial charge in [-0.1, -0.05) is 23.7 Å². The lowest BCUT2D eigenvalue weighted by Crippen LogP contribution is -2.46. The van der Waals surface area contributed by atoms with Crippen molar-refractivity contribution in [3.8, 4) is 29.0 Å². The Morgan fingerprint density at radius 2 is 2.06 bits per heavy atom. The average molecular weight is 749 g/mol. The van der Waals surface area contributed by atoms with Crippen LogP contribution in [0.3, 0.4) is 0 Å². The number of rotatable bonds is 6. The molecule has 3 aromatic heterocycles. The summed E-state index contributed by atoms with van der Waals surface area (Å²) in [5, 5.41) is 10.3. The Morgan fingerprint density at radius 3 is 2.87 bits per heavy atom. The largest absolute Gasteiger partial charge is 0.483 e. The number of benzene rings is 2. The van der Waals surface area contributed by atoms with Crippen molar-refractivity contribution in [1.29, 1.82) is 5.26 Å². The van der Waals surface area contributed by atoms with E-state index in [1.54, 1.807) is 12.3 Å². The number of alkyl halides is 1. The molecule has 0 saturated carbocycles. The van der Waals surface area contributed by atoms with Crippen molar-refractivity contribution < 1.29 is 27.4 Å². The summed E-state index contributed by atoms with van der Waals surface area (Å²) in [6.07, 6.45) is 1.99. The van der Waals surface area contributed by atoms with Crippen LogP contribution in [0.15, 0.2) is 30.5 Å². The van der Waals surface area contributed by atoms with Gasteiger partial charge in [0.15, 0.2) is 11.6 Å². The fourth-order valence-corrected chi connectivity index (χ4v) is 9.87. The number of hydrogen-bond donors (Lipinski definition) is 2. The van der Waals surface area contributed by atoms with Gasteiger partial charge in [-0.3, -0.25) is 4.90 Å². The number of thiophene rings is 1. The SMILES string of the molecule is CC(c1cccnc1N)N1c2nc(OC[C@@]34CCCN3C[C@H](F)C4)nc3c(F)c(-c4ccc(F)c5sc(N)c(C#N)c45)c(Cl)c(c23)OC2COCC21. The first-order valence-corrected chi connectivity index (χ1v) is 18.2. The summed E-state index contributed by atoms with van der Waals surface area (Å²) in [6, 6.07) is 7.19. The highest BCUT2D eigenvalue weighted by Crippen LogP contribution is 2.53. The Morgan fingerprint density at radius 1 is 1.21 bits per heavy atom. The molecule has 0 radical (unpaired) electrons. The number of nitrogens with zero attached hydrogens (tertiary/aromatic N) is 6. The third-order valence-corrected chi connectivity index (χ3v) is 12.4. The van der Waals surface area contributed by atoms with Crippen LogP contribution in [0.4, 0.5) is 29.8 Å². The molecule has 7 heterocycles. The molecular formula is C36H32ClF3N8O3S. The molecule has 0 aliphatic carbocycles. The van der Waals surface area contributed by atoms with Gasteiger partial charge in [0.1, 0.15) is 52.9 Å². The fraction of sp³-hybridized carbons (Fsp3) is 0.389. The Balaban J connectivity index is 1.30. The van der Waals surface area contributed by atoms with Gasteiger partial charge in [0.2, 0.25) is 0 Å². The third kappa shape index (κ3) is 4.88. The van der Waals surface area contributed by atoms with Crippen LogP contribution in [0.5, 0.6) is 11.8 Å². The molecule has 268 valence electrons. The Bertz CT molecular complexity index is 2340. The van der Waals surface area contributed by atoms with Gasteiger partial charge in [0.25, 0.3) is 0 Å². The maximum atomic E-state index is 17.5. The van der Waals surface area contributed by atoms with E-state index < -0.39 is 41.5 Å². The van der Waals surface area contributed by atoms with Crippen LogP contribution < -0.4 is 25.8 Å². The Hall–Kier alpha value is -4.62. The van der Waals surface area contributed by atoms with Crippen molar-refractivity contribution >= 4 is 60.6 Å². The van der Waals surface area contributed by atoms with Crippen molar-refractivity contribution in [2.24, 2.45) is 0 Å². The van der Waals surface area contributed by atoms with Crippen LogP contribution in [0.2, 0.25) is 5.02 Å². The van der Waals surface area contributed by atoms with E-state index in [9.17, 15) is 9.65 Å². The maximum Gasteiger partial charge on any atom is 0.319 e. The zero-order chi connectivity index (χ0) is 36.1. The average Bonchev–Trinajstić information content (AvgIpc) is 3.88. The molecule has 3 unspecified atom stereocenters. The summed E-state index contributed by atoms with van der Waals surface area (Å²) in [5.74, 6) is -0.793. The second kappa shape index (κ2) is 12.2. The van der Waals surface area contributed by atoms with Gasteiger partial charge >= 0.3 is 6.01 Å². The van der Waals surface area contributed by atoms with E-state index in [2.05, 4.69) is 14.9 Å². The van der Waals surface area contributed by atoms with Gasteiger partial charge in [0, 0.05) is 35.7 Å². The summed E-state index contributed by atoms with van der Waals surface area (Å²) >= 11 is 8.08. The van der Waals surface area contributed by atoms with E-state index in [1.165, 1.54) is 12.1 Å². The minimum Gasteiger partial charge on any atom is -0.483 e. The monoisotopic (exact) mass is 748 g/mol. The van der Waals surface area contributed by atoms with E-state index in [-0.39, 0.29) is 85.1 Å². The van der Waals surface area contributed by atoms with E-state index >= 15 is 8.78 Å². The number of nitrogens with two attached hydrogens (primary N) is 2. The zero-order valence-electron chi connectivity index (χ0n) is 27.8. The predicted octanol–water partition coefficient (Wildman–Crippen LogP) is 6.56. The lowest BCUT2D eigenvalue weighted by atomic mass is 9.95. The molecule has 2 aromatic carbocycles. The molecular weight excluding hydrogens is 717 g/mol. The molecule has 3 saturated heterocycles. The number of anilines is 3. The summed E-state index contributed by atoms with van der Waals surface area (Å²) in [6.45, 7) is 3.55. The number of nitrogen functional groups attached to an aromatic ring is 2. The van der Waals surface area contributed by atoms with E-state index in [4.69, 9.17) is 42.3 Å². The number of pyridine rings is 1. The van der Waals surface area contributed by atoms with E-state index in [0.717, 1.165) is 30.7 Å². The van der Waals surface area contributed by atoms with Gasteiger partial charge < -0.3 is 30.6 Å². The van der Waals surface area contributed by atoms with Crippen LogP contribution >= 0.6 is 22.9 Å². The highest BCUT2D eigenvalue weighted by molar-refractivity contribution is 7.23. The maximum absolute atomic E-state index is 17.5. The van der Waals surface area contributed by atoms with Gasteiger partial charge in [-0.05, 0) is 44.0 Å². The molecule has 4 aliphatic heterocycles. The molecule has 0 amide bonds. The lowest BCUT2D eigenvalue weighted by Gasteiger charge is -2.36. The first-order chi connectivity index (χ1) is 25.1. The number of fused-ring (bicyclic) bond motifs is 3. The smallest absolute Gasteiger partial charge is 0.319 e. The molecule has 3 fully saturated rings. The van der Waals surface area contributed by atoms with Gasteiger partial charge in [0.05, 0.1) is 51.5 Å². The molecule has 0 spiro atoms. The summed E-state index contributed by atoms with van der Waals surface area (Å²) in [5.41, 5.74) is 12.5. The van der Waals surface area contributed by atoms with Crippen molar-refractivity contribution in [1.82, 2.24) is 19.9 Å². The van der Waals surface area contributed by atoms with Crippen LogP contribution in [0.1, 0.15) is 43.4 Å². The zero-order valence-corrected chi connectivity index (χ0v) is 29.4. The lowest BCUT2D eigenvalue weighted by molar-refractivity contribution is 0.107. The minimum absolute atomic E-state index is 0.00525. The third-order valence-electron chi connectivity index (χ3n) is 11.0. The highest BCUT2D eigenvalue weighted by Gasteiger charge is 2.50. The Kier molecular flexibility index (Phi) is 7.81. The number of aromatic nitrogens is 3. The number of ether oxygens (including phenoxy) is 3. The molecule has 9 rings (SSSR count). The number of hydrogen-bond acceptors (Lipinski definition) is 12. The molecule has 5 atom stereocenters. The minimum atomic E-state index is -0.981. The molecule has 5 aromatic rings.